The molecule has 2 nitrogen and oxygen atoms in total. The van der Waals surface area contributed by atoms with Crippen LogP contribution in [-0.2, 0) is 11.0 Å². The summed E-state index contributed by atoms with van der Waals surface area (Å²) in [5, 5.41) is 2.63. The molecule has 0 spiro atoms. The molecule has 3 unspecified atom stereocenters. The number of amides is 1. The van der Waals surface area contributed by atoms with Gasteiger partial charge in [0, 0.05) is 10.4 Å². The number of anilines is 1. The Morgan fingerprint density at radius 1 is 1.24 bits per heavy atom. The fourth-order valence-electron chi connectivity index (χ4n) is 3.11. The molecule has 1 saturated carbocycles. The molecule has 2 bridgehead atoms. The molecule has 1 fully saturated rings. The molecule has 112 valence electrons. The van der Waals surface area contributed by atoms with Crippen molar-refractivity contribution in [1.82, 2.24) is 0 Å². The molecule has 1 amide bonds. The SMILES string of the molecule is O=C(Nc1cc(C(F)(F)F)ccc1Br)C1CC2C=CC1C2. The lowest BCUT2D eigenvalue weighted by molar-refractivity contribution is -0.137. The summed E-state index contributed by atoms with van der Waals surface area (Å²) in [6.07, 6.45) is 1.50. The van der Waals surface area contributed by atoms with Gasteiger partial charge in [0.25, 0.3) is 0 Å². The second-order valence-electron chi connectivity index (χ2n) is 5.57. The third-order valence-corrected chi connectivity index (χ3v) is 4.86. The van der Waals surface area contributed by atoms with E-state index in [2.05, 4.69) is 27.3 Å². The van der Waals surface area contributed by atoms with Crippen LogP contribution in [-0.4, -0.2) is 5.91 Å². The molecule has 0 aliphatic heterocycles. The third kappa shape index (κ3) is 2.86. The highest BCUT2D eigenvalue weighted by Crippen LogP contribution is 2.44. The molecule has 0 heterocycles. The fourth-order valence-corrected chi connectivity index (χ4v) is 3.45. The van der Waals surface area contributed by atoms with Crippen molar-refractivity contribution in [2.45, 2.75) is 19.0 Å². The van der Waals surface area contributed by atoms with Crippen LogP contribution in [0.2, 0.25) is 0 Å². The van der Waals surface area contributed by atoms with Crippen LogP contribution < -0.4 is 5.32 Å². The van der Waals surface area contributed by atoms with Gasteiger partial charge in [0.05, 0.1) is 11.3 Å². The van der Waals surface area contributed by atoms with Gasteiger partial charge in [-0.3, -0.25) is 4.79 Å². The van der Waals surface area contributed by atoms with E-state index < -0.39 is 11.7 Å². The summed E-state index contributed by atoms with van der Waals surface area (Å²) in [4.78, 5) is 12.3. The van der Waals surface area contributed by atoms with E-state index in [0.29, 0.717) is 10.4 Å². The number of benzene rings is 1. The van der Waals surface area contributed by atoms with Crippen LogP contribution in [0.15, 0.2) is 34.8 Å². The molecule has 0 saturated heterocycles. The second-order valence-corrected chi connectivity index (χ2v) is 6.42. The van der Waals surface area contributed by atoms with Crippen molar-refractivity contribution < 1.29 is 18.0 Å². The Bertz CT molecular complexity index is 611. The summed E-state index contributed by atoms with van der Waals surface area (Å²) in [6, 6.07) is 3.25. The lowest BCUT2D eigenvalue weighted by atomic mass is 9.93. The molecule has 1 aromatic carbocycles. The summed E-state index contributed by atoms with van der Waals surface area (Å²) < 4.78 is 38.6. The quantitative estimate of drug-likeness (QED) is 0.767. The van der Waals surface area contributed by atoms with Crippen molar-refractivity contribution >= 4 is 27.5 Å². The van der Waals surface area contributed by atoms with Crippen LogP contribution in [0.3, 0.4) is 0 Å². The summed E-state index contributed by atoms with van der Waals surface area (Å²) in [5.74, 6) is 0.323. The standard InChI is InChI=1S/C15H13BrF3NO/c16-12-4-3-10(15(17,18)19)7-13(12)20-14(21)11-6-8-1-2-9(11)5-8/h1-4,7-9,11H,5-6H2,(H,20,21). The average Bonchev–Trinajstić information content (AvgIpc) is 3.02. The second kappa shape index (κ2) is 5.16. The number of nitrogens with one attached hydrogen (secondary N) is 1. The number of halogens is 4. The minimum Gasteiger partial charge on any atom is -0.325 e. The molecule has 1 N–H and O–H groups in total. The molecule has 3 rings (SSSR count). The van der Waals surface area contributed by atoms with E-state index in [0.717, 1.165) is 25.0 Å². The van der Waals surface area contributed by atoms with Crippen molar-refractivity contribution in [2.24, 2.45) is 17.8 Å². The number of alkyl halides is 3. The van der Waals surface area contributed by atoms with Crippen molar-refractivity contribution in [1.29, 1.82) is 0 Å². The monoisotopic (exact) mass is 359 g/mol. The number of hydrogen-bond acceptors (Lipinski definition) is 1. The molecule has 21 heavy (non-hydrogen) atoms. The maximum Gasteiger partial charge on any atom is 0.416 e. The largest absolute Gasteiger partial charge is 0.416 e. The van der Waals surface area contributed by atoms with Crippen molar-refractivity contribution in [2.75, 3.05) is 5.32 Å². The Morgan fingerprint density at radius 2 is 2.00 bits per heavy atom. The fraction of sp³-hybridized carbons (Fsp3) is 0.400. The van der Waals surface area contributed by atoms with E-state index in [9.17, 15) is 18.0 Å². The van der Waals surface area contributed by atoms with Gasteiger partial charge in [-0.05, 0) is 58.8 Å². The van der Waals surface area contributed by atoms with Crippen LogP contribution in [0, 0.1) is 17.8 Å². The van der Waals surface area contributed by atoms with E-state index in [1.807, 2.05) is 6.08 Å². The van der Waals surface area contributed by atoms with E-state index in [-0.39, 0.29) is 23.4 Å². The smallest absolute Gasteiger partial charge is 0.325 e. The average molecular weight is 360 g/mol. The van der Waals surface area contributed by atoms with Gasteiger partial charge in [-0.15, -0.1) is 0 Å². The van der Waals surface area contributed by atoms with E-state index in [4.69, 9.17) is 0 Å². The Morgan fingerprint density at radius 3 is 2.57 bits per heavy atom. The number of allylic oxidation sites excluding steroid dienone is 2. The first-order valence-corrected chi connectivity index (χ1v) is 7.50. The molecule has 0 aromatic heterocycles. The van der Waals surface area contributed by atoms with Gasteiger partial charge in [-0.25, -0.2) is 0 Å². The molecule has 0 radical (unpaired) electrons. The maximum absolute atomic E-state index is 12.7. The van der Waals surface area contributed by atoms with E-state index >= 15 is 0 Å². The van der Waals surface area contributed by atoms with Crippen LogP contribution in [0.4, 0.5) is 18.9 Å². The van der Waals surface area contributed by atoms with E-state index in [1.54, 1.807) is 0 Å². The van der Waals surface area contributed by atoms with Gasteiger partial charge in [0.15, 0.2) is 0 Å². The molecule has 2 aliphatic rings. The van der Waals surface area contributed by atoms with Gasteiger partial charge in [-0.1, -0.05) is 12.2 Å². The van der Waals surface area contributed by atoms with Crippen LogP contribution in [0.5, 0.6) is 0 Å². The summed E-state index contributed by atoms with van der Waals surface area (Å²) in [7, 11) is 0. The Balaban J connectivity index is 1.78. The van der Waals surface area contributed by atoms with Crippen molar-refractivity contribution in [3.8, 4) is 0 Å². The Kier molecular flexibility index (Phi) is 3.59. The summed E-state index contributed by atoms with van der Waals surface area (Å²) in [6.45, 7) is 0. The van der Waals surface area contributed by atoms with Crippen molar-refractivity contribution in [3.05, 3.63) is 40.4 Å². The topological polar surface area (TPSA) is 29.1 Å². The number of fused-ring (bicyclic) bond motifs is 2. The van der Waals surface area contributed by atoms with Crippen LogP contribution in [0.1, 0.15) is 18.4 Å². The van der Waals surface area contributed by atoms with Crippen LogP contribution in [0.25, 0.3) is 0 Å². The summed E-state index contributed by atoms with van der Waals surface area (Å²) >= 11 is 3.18. The molecular formula is C15H13BrF3NO. The lowest BCUT2D eigenvalue weighted by Gasteiger charge is -2.19. The first kappa shape index (κ1) is 14.6. The molecule has 3 atom stereocenters. The van der Waals surface area contributed by atoms with Gasteiger partial charge < -0.3 is 5.32 Å². The van der Waals surface area contributed by atoms with Crippen LogP contribution >= 0.6 is 15.9 Å². The third-order valence-electron chi connectivity index (χ3n) is 4.17. The normalized spacial score (nSPS) is 27.1. The lowest BCUT2D eigenvalue weighted by Crippen LogP contribution is -2.26. The zero-order chi connectivity index (χ0) is 15.2. The molecule has 1 aromatic rings. The molecule has 2 aliphatic carbocycles. The molecular weight excluding hydrogens is 347 g/mol. The van der Waals surface area contributed by atoms with Gasteiger partial charge in [0.2, 0.25) is 5.91 Å². The van der Waals surface area contributed by atoms with E-state index in [1.165, 1.54) is 6.07 Å². The predicted molar refractivity (Wildman–Crippen MR) is 76.6 cm³/mol. The highest BCUT2D eigenvalue weighted by molar-refractivity contribution is 9.10. The number of carbonyl (C=O) groups is 1. The predicted octanol–water partition coefficient (Wildman–Crippen LogP) is 4.62. The van der Waals surface area contributed by atoms with Crippen molar-refractivity contribution in [3.63, 3.8) is 0 Å². The highest BCUT2D eigenvalue weighted by atomic mass is 79.9. The maximum atomic E-state index is 12.7. The Hall–Kier alpha value is -1.30. The number of carbonyl (C=O) groups excluding carboxylic acids is 1. The van der Waals surface area contributed by atoms with Gasteiger partial charge in [-0.2, -0.15) is 13.2 Å². The number of rotatable bonds is 2. The number of hydrogen-bond donors (Lipinski definition) is 1. The minimum absolute atomic E-state index is 0.138. The zero-order valence-corrected chi connectivity index (χ0v) is 12.5. The first-order valence-electron chi connectivity index (χ1n) is 6.70. The molecule has 6 heteroatoms. The first-order chi connectivity index (χ1) is 9.84. The summed E-state index contributed by atoms with van der Waals surface area (Å²) in [5.41, 5.74) is -0.601. The highest BCUT2D eigenvalue weighted by Gasteiger charge is 2.40. The van der Waals surface area contributed by atoms with Gasteiger partial charge >= 0.3 is 6.18 Å². The van der Waals surface area contributed by atoms with Gasteiger partial charge in [0.1, 0.15) is 0 Å². The Labute approximate surface area is 128 Å². The zero-order valence-electron chi connectivity index (χ0n) is 11.0. The minimum atomic E-state index is -4.42.